The van der Waals surface area contributed by atoms with Gasteiger partial charge in [-0.05, 0) is 31.2 Å². The molecular formula is C16H22FN3O2. The van der Waals surface area contributed by atoms with Gasteiger partial charge in [0.25, 0.3) is 5.91 Å². The molecule has 1 amide bonds. The van der Waals surface area contributed by atoms with Gasteiger partial charge < -0.3 is 20.7 Å². The van der Waals surface area contributed by atoms with E-state index in [4.69, 9.17) is 10.5 Å². The maximum absolute atomic E-state index is 13.6. The zero-order chi connectivity index (χ0) is 16.9. The second-order valence-corrected chi connectivity index (χ2v) is 4.92. The third kappa shape index (κ3) is 4.00. The summed E-state index contributed by atoms with van der Waals surface area (Å²) in [6.45, 7) is 5.34. The van der Waals surface area contributed by atoms with Gasteiger partial charge in [-0.1, -0.05) is 6.58 Å². The van der Waals surface area contributed by atoms with Crippen LogP contribution in [0.4, 0.5) is 4.39 Å². The molecule has 0 spiro atoms. The number of allylic oxidation sites excluding steroid dienone is 1. The molecule has 1 rings (SSSR count). The summed E-state index contributed by atoms with van der Waals surface area (Å²) in [6, 6.07) is 3.99. The molecule has 0 fully saturated rings. The zero-order valence-corrected chi connectivity index (χ0v) is 13.3. The Morgan fingerprint density at radius 3 is 2.64 bits per heavy atom. The molecule has 0 aliphatic carbocycles. The maximum atomic E-state index is 13.6. The first kappa shape index (κ1) is 17.6. The Bertz CT molecular complexity index is 597. The fraction of sp³-hybridized carbons (Fsp3) is 0.312. The molecule has 5 nitrogen and oxygen atoms in total. The number of benzene rings is 1. The van der Waals surface area contributed by atoms with Crippen LogP contribution in [0.3, 0.4) is 0 Å². The number of carbonyl (C=O) groups is 1. The van der Waals surface area contributed by atoms with Gasteiger partial charge in [-0.25, -0.2) is 4.39 Å². The largest absolute Gasteiger partial charge is 0.482 e. The SMILES string of the molecule is C=C/C(O[C@H](C)c1cc(F)ccc1C(=O)N(C)C)=C(/N)NC. The van der Waals surface area contributed by atoms with E-state index in [2.05, 4.69) is 11.9 Å². The summed E-state index contributed by atoms with van der Waals surface area (Å²) >= 11 is 0. The number of nitrogens with zero attached hydrogens (tertiary/aromatic N) is 1. The molecule has 1 aromatic rings. The molecule has 0 aliphatic heterocycles. The highest BCUT2D eigenvalue weighted by molar-refractivity contribution is 5.95. The van der Waals surface area contributed by atoms with Crippen LogP contribution in [0.25, 0.3) is 0 Å². The van der Waals surface area contributed by atoms with E-state index in [9.17, 15) is 9.18 Å². The minimum atomic E-state index is -0.575. The average Bonchev–Trinajstić information content (AvgIpc) is 2.50. The Labute approximate surface area is 130 Å². The Morgan fingerprint density at radius 1 is 1.50 bits per heavy atom. The number of carbonyl (C=O) groups excluding carboxylic acids is 1. The van der Waals surface area contributed by atoms with E-state index in [1.54, 1.807) is 28.1 Å². The van der Waals surface area contributed by atoms with Gasteiger partial charge in [0.05, 0.1) is 0 Å². The number of hydrogen-bond donors (Lipinski definition) is 2. The molecule has 120 valence electrons. The molecule has 0 radical (unpaired) electrons. The van der Waals surface area contributed by atoms with Gasteiger partial charge >= 0.3 is 0 Å². The summed E-state index contributed by atoms with van der Waals surface area (Å²) in [5.41, 5.74) is 6.58. The van der Waals surface area contributed by atoms with Crippen LogP contribution in [0.5, 0.6) is 0 Å². The molecule has 0 unspecified atom stereocenters. The van der Waals surface area contributed by atoms with Crippen molar-refractivity contribution in [2.75, 3.05) is 21.1 Å². The lowest BCUT2D eigenvalue weighted by Crippen LogP contribution is -2.24. The minimum Gasteiger partial charge on any atom is -0.482 e. The monoisotopic (exact) mass is 307 g/mol. The van der Waals surface area contributed by atoms with E-state index in [-0.39, 0.29) is 5.91 Å². The number of amides is 1. The first-order valence-electron chi connectivity index (χ1n) is 6.79. The third-order valence-electron chi connectivity index (χ3n) is 3.11. The van der Waals surface area contributed by atoms with Crippen molar-refractivity contribution in [3.05, 3.63) is 59.4 Å². The first-order valence-corrected chi connectivity index (χ1v) is 6.79. The van der Waals surface area contributed by atoms with Crippen molar-refractivity contribution in [2.24, 2.45) is 5.73 Å². The number of nitrogens with one attached hydrogen (secondary N) is 1. The first-order chi connectivity index (χ1) is 10.3. The van der Waals surface area contributed by atoms with Crippen LogP contribution in [0.15, 0.2) is 42.4 Å². The van der Waals surface area contributed by atoms with Crippen LogP contribution < -0.4 is 11.1 Å². The number of ether oxygens (including phenoxy) is 1. The van der Waals surface area contributed by atoms with Crippen molar-refractivity contribution >= 4 is 5.91 Å². The highest BCUT2D eigenvalue weighted by atomic mass is 19.1. The van der Waals surface area contributed by atoms with Gasteiger partial charge in [0.2, 0.25) is 0 Å². The molecule has 0 saturated heterocycles. The van der Waals surface area contributed by atoms with Gasteiger partial charge in [-0.15, -0.1) is 0 Å². The highest BCUT2D eigenvalue weighted by Gasteiger charge is 2.20. The quantitative estimate of drug-likeness (QED) is 0.624. The molecule has 0 bridgehead atoms. The molecule has 1 atom stereocenters. The second-order valence-electron chi connectivity index (χ2n) is 4.92. The van der Waals surface area contributed by atoms with E-state index in [1.807, 2.05) is 0 Å². The molecule has 3 N–H and O–H groups in total. The van der Waals surface area contributed by atoms with Crippen molar-refractivity contribution in [1.29, 1.82) is 0 Å². The Balaban J connectivity index is 3.22. The second kappa shape index (κ2) is 7.49. The smallest absolute Gasteiger partial charge is 0.253 e. The van der Waals surface area contributed by atoms with Gasteiger partial charge in [-0.2, -0.15) is 0 Å². The fourth-order valence-corrected chi connectivity index (χ4v) is 1.90. The van der Waals surface area contributed by atoms with E-state index in [0.29, 0.717) is 22.7 Å². The van der Waals surface area contributed by atoms with Gasteiger partial charge in [0, 0.05) is 32.3 Å². The van der Waals surface area contributed by atoms with Crippen molar-refractivity contribution in [3.63, 3.8) is 0 Å². The number of nitrogens with two attached hydrogens (primary N) is 1. The van der Waals surface area contributed by atoms with E-state index in [1.165, 1.54) is 29.2 Å². The lowest BCUT2D eigenvalue weighted by Gasteiger charge is -2.21. The minimum absolute atomic E-state index is 0.226. The summed E-state index contributed by atoms with van der Waals surface area (Å²) in [5.74, 6) is -0.0242. The summed E-state index contributed by atoms with van der Waals surface area (Å²) in [4.78, 5) is 13.6. The predicted molar refractivity (Wildman–Crippen MR) is 84.4 cm³/mol. The molecule has 0 aliphatic rings. The number of halogens is 1. The van der Waals surface area contributed by atoms with Crippen LogP contribution in [-0.4, -0.2) is 32.0 Å². The maximum Gasteiger partial charge on any atom is 0.253 e. The number of rotatable bonds is 6. The Kier molecular flexibility index (Phi) is 5.98. The van der Waals surface area contributed by atoms with Crippen molar-refractivity contribution < 1.29 is 13.9 Å². The molecule has 6 heteroatoms. The molecular weight excluding hydrogens is 285 g/mol. The van der Waals surface area contributed by atoms with E-state index >= 15 is 0 Å². The standard InChI is InChI=1S/C16H22FN3O2/c1-6-14(15(18)19-3)22-10(2)13-9-11(17)7-8-12(13)16(21)20(4)5/h6-10,19H,1,18H2,2-5H3/b15-14+/t10-/m1/s1. The van der Waals surface area contributed by atoms with Gasteiger partial charge in [0.1, 0.15) is 17.7 Å². The van der Waals surface area contributed by atoms with E-state index < -0.39 is 11.9 Å². The lowest BCUT2D eigenvalue weighted by atomic mass is 10.0. The summed E-state index contributed by atoms with van der Waals surface area (Å²) in [7, 11) is 4.92. The Hall–Kier alpha value is -2.50. The van der Waals surface area contributed by atoms with Crippen molar-refractivity contribution in [2.45, 2.75) is 13.0 Å². The third-order valence-corrected chi connectivity index (χ3v) is 3.11. The van der Waals surface area contributed by atoms with Crippen LogP contribution >= 0.6 is 0 Å². The molecule has 1 aromatic carbocycles. The predicted octanol–water partition coefficient (Wildman–Crippen LogP) is 2.14. The summed E-state index contributed by atoms with van der Waals surface area (Å²) in [6.07, 6.45) is 0.879. The average molecular weight is 307 g/mol. The highest BCUT2D eigenvalue weighted by Crippen LogP contribution is 2.26. The zero-order valence-electron chi connectivity index (χ0n) is 13.3. The van der Waals surface area contributed by atoms with Crippen molar-refractivity contribution in [1.82, 2.24) is 10.2 Å². The van der Waals surface area contributed by atoms with Crippen LogP contribution in [-0.2, 0) is 4.74 Å². The summed E-state index contributed by atoms with van der Waals surface area (Å²) < 4.78 is 19.3. The van der Waals surface area contributed by atoms with Crippen molar-refractivity contribution in [3.8, 4) is 0 Å². The molecule has 0 aromatic heterocycles. The van der Waals surface area contributed by atoms with Gasteiger partial charge in [0.15, 0.2) is 5.76 Å². The Morgan fingerprint density at radius 2 is 2.14 bits per heavy atom. The van der Waals surface area contributed by atoms with Crippen LogP contribution in [0, 0.1) is 5.82 Å². The fourth-order valence-electron chi connectivity index (χ4n) is 1.90. The lowest BCUT2D eigenvalue weighted by molar-refractivity contribution is 0.0816. The number of hydrogen-bond acceptors (Lipinski definition) is 4. The molecule has 0 saturated carbocycles. The topological polar surface area (TPSA) is 67.6 Å². The van der Waals surface area contributed by atoms with Crippen LogP contribution in [0.1, 0.15) is 28.9 Å². The van der Waals surface area contributed by atoms with Gasteiger partial charge in [-0.3, -0.25) is 4.79 Å². The van der Waals surface area contributed by atoms with Crippen LogP contribution in [0.2, 0.25) is 0 Å². The molecule has 0 heterocycles. The molecule has 22 heavy (non-hydrogen) atoms. The summed E-state index contributed by atoms with van der Waals surface area (Å²) in [5, 5.41) is 2.75. The normalized spacial score (nSPS) is 13.0. The van der Waals surface area contributed by atoms with E-state index in [0.717, 1.165) is 0 Å².